The van der Waals surface area contributed by atoms with Gasteiger partial charge in [0.1, 0.15) is 11.4 Å². The molecule has 0 spiro atoms. The molecule has 1 aliphatic heterocycles. The number of carbonyl (C=O) groups excluding carboxylic acids is 1. The minimum Gasteiger partial charge on any atom is -0.444 e. The van der Waals surface area contributed by atoms with E-state index < -0.39 is 5.60 Å². The van der Waals surface area contributed by atoms with Crippen LogP contribution < -0.4 is 5.73 Å². The van der Waals surface area contributed by atoms with Gasteiger partial charge in [-0.2, -0.15) is 0 Å². The third-order valence-electron chi connectivity index (χ3n) is 4.04. The van der Waals surface area contributed by atoms with Crippen LogP contribution in [0.15, 0.2) is 29.3 Å². The molecule has 0 bridgehead atoms. The Morgan fingerprint density at radius 3 is 2.50 bits per heavy atom. The second-order valence-corrected chi connectivity index (χ2v) is 7.43. The maximum absolute atomic E-state index is 13.1. The summed E-state index contributed by atoms with van der Waals surface area (Å²) >= 11 is 0. The summed E-state index contributed by atoms with van der Waals surface area (Å²) in [5.74, 6) is 0.279. The summed E-state index contributed by atoms with van der Waals surface area (Å²) in [6.07, 6.45) is 1.28. The van der Waals surface area contributed by atoms with Gasteiger partial charge in [0, 0.05) is 32.7 Å². The number of benzene rings is 1. The topological polar surface area (TPSA) is 71.2 Å². The Kier molecular flexibility index (Phi) is 6.83. The Labute approximate surface area is 154 Å². The van der Waals surface area contributed by atoms with Crippen LogP contribution in [0.25, 0.3) is 0 Å². The molecule has 1 saturated heterocycles. The number of carbonyl (C=O) groups is 1. The smallest absolute Gasteiger partial charge is 0.410 e. The van der Waals surface area contributed by atoms with E-state index >= 15 is 0 Å². The normalized spacial score (nSPS) is 15.9. The van der Waals surface area contributed by atoms with Crippen molar-refractivity contribution in [2.24, 2.45) is 10.7 Å². The Bertz CT molecular complexity index is 635. The molecule has 1 aromatic rings. The molecular weight excluding hydrogens is 335 g/mol. The molecule has 2 N–H and O–H groups in total. The van der Waals surface area contributed by atoms with Crippen molar-refractivity contribution in [3.8, 4) is 0 Å². The Morgan fingerprint density at radius 2 is 1.88 bits per heavy atom. The maximum atomic E-state index is 13.1. The van der Waals surface area contributed by atoms with Crippen molar-refractivity contribution in [3.63, 3.8) is 0 Å². The largest absolute Gasteiger partial charge is 0.444 e. The lowest BCUT2D eigenvalue weighted by molar-refractivity contribution is 0.0186. The average molecular weight is 364 g/mol. The van der Waals surface area contributed by atoms with E-state index in [0.717, 1.165) is 18.4 Å². The van der Waals surface area contributed by atoms with Crippen molar-refractivity contribution >= 4 is 12.1 Å². The number of rotatable bonds is 4. The molecule has 0 unspecified atom stereocenters. The molecule has 7 heteroatoms. The average Bonchev–Trinajstić information content (AvgIpc) is 2.57. The van der Waals surface area contributed by atoms with Crippen molar-refractivity contribution in [1.82, 2.24) is 9.80 Å². The second-order valence-electron chi connectivity index (χ2n) is 7.43. The van der Waals surface area contributed by atoms with Gasteiger partial charge in [0.25, 0.3) is 0 Å². The maximum Gasteiger partial charge on any atom is 0.410 e. The summed E-state index contributed by atoms with van der Waals surface area (Å²) in [6.45, 7) is 8.56. The number of guanidine groups is 1. The number of nitrogens with two attached hydrogens (primary N) is 1. The number of hydrogen-bond acceptors (Lipinski definition) is 3. The van der Waals surface area contributed by atoms with E-state index in [1.807, 2.05) is 31.7 Å². The lowest BCUT2D eigenvalue weighted by Gasteiger charge is -2.36. The summed E-state index contributed by atoms with van der Waals surface area (Å²) in [5.41, 5.74) is 6.53. The standard InChI is InChI=1S/C19H29FN4O2/c1-19(2,3)26-18(25)24-12-10-23(11-13-24)17(21)22-9-5-7-15-6-4-8-16(20)14-15/h4,6,8,14H,5,7,9-13H2,1-3H3,(H2,21,22). The highest BCUT2D eigenvalue weighted by Gasteiger charge is 2.26. The first-order valence-corrected chi connectivity index (χ1v) is 9.02. The quantitative estimate of drug-likeness (QED) is 0.506. The minimum atomic E-state index is -0.490. The van der Waals surface area contributed by atoms with Crippen LogP contribution in [-0.4, -0.2) is 60.2 Å². The zero-order valence-corrected chi connectivity index (χ0v) is 15.9. The van der Waals surface area contributed by atoms with Gasteiger partial charge in [0.15, 0.2) is 5.96 Å². The molecule has 1 amide bonds. The number of halogens is 1. The van der Waals surface area contributed by atoms with Crippen molar-refractivity contribution in [2.75, 3.05) is 32.7 Å². The van der Waals surface area contributed by atoms with Crippen molar-refractivity contribution in [3.05, 3.63) is 35.6 Å². The van der Waals surface area contributed by atoms with Gasteiger partial charge < -0.3 is 20.3 Å². The number of piperazine rings is 1. The number of nitrogens with zero attached hydrogens (tertiary/aromatic N) is 3. The van der Waals surface area contributed by atoms with Gasteiger partial charge in [-0.1, -0.05) is 12.1 Å². The predicted octanol–water partition coefficient (Wildman–Crippen LogP) is 2.63. The molecule has 1 aromatic carbocycles. The van der Waals surface area contributed by atoms with Gasteiger partial charge in [0.2, 0.25) is 0 Å². The number of aliphatic imine (C=N–C) groups is 1. The summed E-state index contributed by atoms with van der Waals surface area (Å²) in [4.78, 5) is 20.1. The third kappa shape index (κ3) is 6.54. The van der Waals surface area contributed by atoms with Crippen LogP contribution in [0.5, 0.6) is 0 Å². The van der Waals surface area contributed by atoms with E-state index in [2.05, 4.69) is 4.99 Å². The molecule has 2 rings (SSSR count). The van der Waals surface area contributed by atoms with E-state index in [1.165, 1.54) is 6.07 Å². The van der Waals surface area contributed by atoms with Crippen molar-refractivity contribution in [1.29, 1.82) is 0 Å². The number of aryl methyl sites for hydroxylation is 1. The van der Waals surface area contributed by atoms with E-state index in [4.69, 9.17) is 10.5 Å². The molecule has 6 nitrogen and oxygen atoms in total. The summed E-state index contributed by atoms with van der Waals surface area (Å²) in [5, 5.41) is 0. The van der Waals surface area contributed by atoms with E-state index in [9.17, 15) is 9.18 Å². The van der Waals surface area contributed by atoms with Crippen molar-refractivity contribution < 1.29 is 13.9 Å². The van der Waals surface area contributed by atoms with Crippen LogP contribution in [0.3, 0.4) is 0 Å². The fraction of sp³-hybridized carbons (Fsp3) is 0.579. The highest BCUT2D eigenvalue weighted by Crippen LogP contribution is 2.12. The van der Waals surface area contributed by atoms with Crippen LogP contribution in [-0.2, 0) is 11.2 Å². The van der Waals surface area contributed by atoms with Crippen LogP contribution in [0.1, 0.15) is 32.8 Å². The lowest BCUT2D eigenvalue weighted by atomic mass is 10.1. The first kappa shape index (κ1) is 20.0. The summed E-state index contributed by atoms with van der Waals surface area (Å²) in [7, 11) is 0. The zero-order chi connectivity index (χ0) is 19.2. The van der Waals surface area contributed by atoms with Gasteiger partial charge in [-0.15, -0.1) is 0 Å². The number of amides is 1. The molecule has 0 atom stereocenters. The monoisotopic (exact) mass is 364 g/mol. The number of hydrogen-bond donors (Lipinski definition) is 1. The molecule has 1 fully saturated rings. The first-order chi connectivity index (χ1) is 12.2. The summed E-state index contributed by atoms with van der Waals surface area (Å²) in [6, 6.07) is 6.61. The van der Waals surface area contributed by atoms with Gasteiger partial charge in [0.05, 0.1) is 0 Å². The third-order valence-corrected chi connectivity index (χ3v) is 4.04. The van der Waals surface area contributed by atoms with Crippen LogP contribution >= 0.6 is 0 Å². The molecule has 1 heterocycles. The van der Waals surface area contributed by atoms with Crippen molar-refractivity contribution in [2.45, 2.75) is 39.2 Å². The SMILES string of the molecule is CC(C)(C)OC(=O)N1CCN(C(N)=NCCCc2cccc(F)c2)CC1. The Balaban J connectivity index is 1.72. The zero-order valence-electron chi connectivity index (χ0n) is 15.9. The first-order valence-electron chi connectivity index (χ1n) is 9.02. The molecular formula is C19H29FN4O2. The summed E-state index contributed by atoms with van der Waals surface area (Å²) < 4.78 is 18.5. The highest BCUT2D eigenvalue weighted by atomic mass is 19.1. The minimum absolute atomic E-state index is 0.214. The molecule has 0 radical (unpaired) electrons. The Morgan fingerprint density at radius 1 is 1.23 bits per heavy atom. The highest BCUT2D eigenvalue weighted by molar-refractivity contribution is 5.78. The van der Waals surface area contributed by atoms with Gasteiger partial charge in [-0.3, -0.25) is 4.99 Å². The molecule has 26 heavy (non-hydrogen) atoms. The Hall–Kier alpha value is -2.31. The predicted molar refractivity (Wildman–Crippen MR) is 101 cm³/mol. The fourth-order valence-corrected chi connectivity index (χ4v) is 2.71. The van der Waals surface area contributed by atoms with Gasteiger partial charge in [-0.25, -0.2) is 9.18 Å². The van der Waals surface area contributed by atoms with Crippen LogP contribution in [0.4, 0.5) is 9.18 Å². The van der Waals surface area contributed by atoms with Gasteiger partial charge in [-0.05, 0) is 51.3 Å². The van der Waals surface area contributed by atoms with Gasteiger partial charge >= 0.3 is 6.09 Å². The molecule has 0 saturated carbocycles. The van der Waals surface area contributed by atoms with Crippen LogP contribution in [0, 0.1) is 5.82 Å². The van der Waals surface area contributed by atoms with Crippen LogP contribution in [0.2, 0.25) is 0 Å². The van der Waals surface area contributed by atoms with E-state index in [1.54, 1.807) is 17.0 Å². The van der Waals surface area contributed by atoms with E-state index in [-0.39, 0.29) is 11.9 Å². The molecule has 144 valence electrons. The molecule has 0 aromatic heterocycles. The lowest BCUT2D eigenvalue weighted by Crippen LogP contribution is -2.53. The fourth-order valence-electron chi connectivity index (χ4n) is 2.71. The van der Waals surface area contributed by atoms with E-state index in [0.29, 0.717) is 38.7 Å². The second kappa shape index (κ2) is 8.87. The number of ether oxygens (including phenoxy) is 1. The molecule has 0 aliphatic carbocycles. The molecule has 1 aliphatic rings.